The van der Waals surface area contributed by atoms with Gasteiger partial charge in [-0.05, 0) is 49.9 Å². The van der Waals surface area contributed by atoms with Gasteiger partial charge in [0.05, 0.1) is 6.10 Å². The highest BCUT2D eigenvalue weighted by atomic mass is 19.1. The predicted octanol–water partition coefficient (Wildman–Crippen LogP) is 2.52. The monoisotopic (exact) mass is 348 g/mol. The zero-order valence-corrected chi connectivity index (χ0v) is 14.7. The zero-order chi connectivity index (χ0) is 17.8. The fraction of sp³-hybridized carbons (Fsp3) is 0.579. The number of fused-ring (bicyclic) bond motifs is 1. The van der Waals surface area contributed by atoms with Crippen molar-refractivity contribution in [1.29, 1.82) is 0 Å². The van der Waals surface area contributed by atoms with Crippen molar-refractivity contribution in [3.05, 3.63) is 29.6 Å². The summed E-state index contributed by atoms with van der Waals surface area (Å²) in [4.78, 5) is 28.2. The van der Waals surface area contributed by atoms with E-state index in [-0.39, 0.29) is 30.2 Å². The molecule has 0 radical (unpaired) electrons. The van der Waals surface area contributed by atoms with Crippen LogP contribution in [0.1, 0.15) is 38.2 Å². The highest BCUT2D eigenvalue weighted by Crippen LogP contribution is 2.28. The number of hydrogen-bond acceptors (Lipinski definition) is 3. The molecule has 0 aliphatic carbocycles. The highest BCUT2D eigenvalue weighted by Gasteiger charge is 2.26. The van der Waals surface area contributed by atoms with Gasteiger partial charge < -0.3 is 14.5 Å². The van der Waals surface area contributed by atoms with Crippen molar-refractivity contribution in [1.82, 2.24) is 4.90 Å². The van der Waals surface area contributed by atoms with Crippen molar-refractivity contribution in [3.63, 3.8) is 0 Å². The average molecular weight is 348 g/mol. The van der Waals surface area contributed by atoms with E-state index in [4.69, 9.17) is 4.74 Å². The van der Waals surface area contributed by atoms with Gasteiger partial charge in [-0.2, -0.15) is 0 Å². The summed E-state index contributed by atoms with van der Waals surface area (Å²) < 4.78 is 19.0. The molecule has 0 saturated carbocycles. The smallest absolute Gasteiger partial charge is 0.227 e. The fourth-order valence-corrected chi connectivity index (χ4v) is 3.58. The molecule has 0 aromatic heterocycles. The first-order valence-corrected chi connectivity index (χ1v) is 9.06. The maximum atomic E-state index is 13.4. The van der Waals surface area contributed by atoms with E-state index >= 15 is 0 Å². The van der Waals surface area contributed by atoms with Crippen LogP contribution in [-0.4, -0.2) is 49.1 Å². The van der Waals surface area contributed by atoms with Crippen molar-refractivity contribution < 1.29 is 18.7 Å². The largest absolute Gasteiger partial charge is 0.376 e. The maximum absolute atomic E-state index is 13.4. The van der Waals surface area contributed by atoms with E-state index in [2.05, 4.69) is 0 Å². The number of nitrogens with zero attached hydrogens (tertiary/aromatic N) is 2. The van der Waals surface area contributed by atoms with Crippen LogP contribution in [0.4, 0.5) is 10.1 Å². The Hall–Kier alpha value is -1.95. The minimum atomic E-state index is -0.294. The van der Waals surface area contributed by atoms with Gasteiger partial charge in [0.15, 0.2) is 0 Å². The van der Waals surface area contributed by atoms with Gasteiger partial charge in [0.25, 0.3) is 0 Å². The van der Waals surface area contributed by atoms with Gasteiger partial charge >= 0.3 is 0 Å². The molecule has 25 heavy (non-hydrogen) atoms. The third-order valence-electron chi connectivity index (χ3n) is 4.97. The number of aryl methyl sites for hydroxylation is 1. The van der Waals surface area contributed by atoms with Crippen molar-refractivity contribution >= 4 is 17.5 Å². The molecule has 2 aliphatic heterocycles. The van der Waals surface area contributed by atoms with E-state index < -0.39 is 0 Å². The molecule has 1 atom stereocenters. The number of halogens is 1. The fourth-order valence-electron chi connectivity index (χ4n) is 3.58. The van der Waals surface area contributed by atoms with Gasteiger partial charge in [-0.1, -0.05) is 0 Å². The van der Waals surface area contributed by atoms with E-state index in [1.54, 1.807) is 15.9 Å². The normalized spacial score (nSPS) is 19.8. The number of ether oxygens (including phenoxy) is 1. The molecule has 2 amide bonds. The van der Waals surface area contributed by atoms with Crippen LogP contribution in [0.5, 0.6) is 0 Å². The quantitative estimate of drug-likeness (QED) is 0.794. The third-order valence-corrected chi connectivity index (χ3v) is 4.97. The lowest BCUT2D eigenvalue weighted by Gasteiger charge is -2.30. The first-order valence-electron chi connectivity index (χ1n) is 9.06. The molecule has 1 aromatic carbocycles. The number of benzene rings is 1. The first-order chi connectivity index (χ1) is 12.1. The van der Waals surface area contributed by atoms with E-state index in [0.29, 0.717) is 32.5 Å². The second kappa shape index (κ2) is 7.95. The molecule has 136 valence electrons. The number of likely N-dealkylation sites (N-methyl/N-ethyl adjacent to an activating group) is 1. The molecule has 6 heteroatoms. The molecular formula is C19H25FN2O3. The minimum Gasteiger partial charge on any atom is -0.376 e. The summed E-state index contributed by atoms with van der Waals surface area (Å²) in [5, 5.41) is 0. The molecule has 0 bridgehead atoms. The summed E-state index contributed by atoms with van der Waals surface area (Å²) in [6, 6.07) is 4.48. The average Bonchev–Trinajstić information content (AvgIpc) is 3.11. The zero-order valence-electron chi connectivity index (χ0n) is 14.7. The van der Waals surface area contributed by atoms with Gasteiger partial charge in [0.2, 0.25) is 11.8 Å². The Labute approximate surface area is 147 Å². The molecule has 3 rings (SSSR count). The summed E-state index contributed by atoms with van der Waals surface area (Å²) in [6.45, 7) is 4.31. The highest BCUT2D eigenvalue weighted by molar-refractivity contribution is 5.97. The Morgan fingerprint density at radius 1 is 1.40 bits per heavy atom. The van der Waals surface area contributed by atoms with Crippen molar-refractivity contribution in [3.8, 4) is 0 Å². The van der Waals surface area contributed by atoms with Gasteiger partial charge in [0.1, 0.15) is 5.82 Å². The van der Waals surface area contributed by atoms with Crippen LogP contribution in [0.2, 0.25) is 0 Å². The summed E-state index contributed by atoms with van der Waals surface area (Å²) in [6.07, 6.45) is 3.35. The van der Waals surface area contributed by atoms with E-state index in [1.165, 1.54) is 12.1 Å². The molecular weight excluding hydrogens is 323 g/mol. The molecule has 1 unspecified atom stereocenters. The van der Waals surface area contributed by atoms with Crippen LogP contribution in [0, 0.1) is 5.82 Å². The van der Waals surface area contributed by atoms with Crippen molar-refractivity contribution in [2.75, 3.05) is 31.1 Å². The second-order valence-corrected chi connectivity index (χ2v) is 6.64. The van der Waals surface area contributed by atoms with Crippen LogP contribution in [0.15, 0.2) is 18.2 Å². The maximum Gasteiger partial charge on any atom is 0.227 e. The molecule has 5 nitrogen and oxygen atoms in total. The van der Waals surface area contributed by atoms with E-state index in [9.17, 15) is 14.0 Å². The summed E-state index contributed by atoms with van der Waals surface area (Å²) >= 11 is 0. The molecule has 0 spiro atoms. The molecule has 1 fully saturated rings. The molecule has 1 saturated heterocycles. The Morgan fingerprint density at radius 3 is 2.96 bits per heavy atom. The summed E-state index contributed by atoms with van der Waals surface area (Å²) in [5.74, 6) is -0.271. The predicted molar refractivity (Wildman–Crippen MR) is 92.9 cm³/mol. The topological polar surface area (TPSA) is 49.9 Å². The van der Waals surface area contributed by atoms with Gasteiger partial charge in [0, 0.05) is 44.8 Å². The van der Waals surface area contributed by atoms with E-state index in [1.807, 2.05) is 6.92 Å². The van der Waals surface area contributed by atoms with Gasteiger partial charge in [-0.3, -0.25) is 9.59 Å². The Balaban J connectivity index is 1.62. The Morgan fingerprint density at radius 2 is 2.24 bits per heavy atom. The van der Waals surface area contributed by atoms with Crippen LogP contribution < -0.4 is 4.90 Å². The SMILES string of the molecule is CCN(CC1CCCO1)C(=O)CCN1C(=O)CCc2cc(F)ccc21. The van der Waals surface area contributed by atoms with Crippen molar-refractivity contribution in [2.45, 2.75) is 45.1 Å². The Kier molecular flexibility index (Phi) is 5.68. The third kappa shape index (κ3) is 4.18. The number of hydrogen-bond donors (Lipinski definition) is 0. The minimum absolute atomic E-state index is 0.00548. The number of rotatable bonds is 6. The lowest BCUT2D eigenvalue weighted by molar-refractivity contribution is -0.132. The second-order valence-electron chi connectivity index (χ2n) is 6.64. The molecule has 1 aromatic rings. The summed E-state index contributed by atoms with van der Waals surface area (Å²) in [7, 11) is 0. The van der Waals surface area contributed by atoms with Crippen LogP contribution in [-0.2, 0) is 20.7 Å². The number of anilines is 1. The molecule has 0 N–H and O–H groups in total. The van der Waals surface area contributed by atoms with Crippen LogP contribution >= 0.6 is 0 Å². The number of carbonyl (C=O) groups excluding carboxylic acids is 2. The Bertz CT molecular complexity index is 644. The van der Waals surface area contributed by atoms with E-state index in [0.717, 1.165) is 30.7 Å². The van der Waals surface area contributed by atoms with Gasteiger partial charge in [-0.15, -0.1) is 0 Å². The first kappa shape index (κ1) is 17.9. The number of carbonyl (C=O) groups is 2. The lowest BCUT2D eigenvalue weighted by atomic mass is 10.0. The molecule has 2 heterocycles. The van der Waals surface area contributed by atoms with Crippen LogP contribution in [0.25, 0.3) is 0 Å². The lowest BCUT2D eigenvalue weighted by Crippen LogP contribution is -2.41. The summed E-state index contributed by atoms with van der Waals surface area (Å²) in [5.41, 5.74) is 1.56. The van der Waals surface area contributed by atoms with Gasteiger partial charge in [-0.25, -0.2) is 4.39 Å². The van der Waals surface area contributed by atoms with Crippen molar-refractivity contribution in [2.24, 2.45) is 0 Å². The standard InChI is InChI=1S/C19H25FN2O3/c1-2-21(13-16-4-3-11-25-16)18(23)9-10-22-17-7-6-15(20)12-14(17)5-8-19(22)24/h6-7,12,16H,2-5,8-11,13H2,1H3. The molecule has 2 aliphatic rings. The number of amides is 2. The van der Waals surface area contributed by atoms with Crippen LogP contribution in [0.3, 0.4) is 0 Å².